The molecule has 0 aliphatic heterocycles. The summed E-state index contributed by atoms with van der Waals surface area (Å²) in [6, 6.07) is 11.9. The number of hydrogen-bond donors (Lipinski definition) is 1. The molecule has 0 atom stereocenters. The average molecular weight is 382 g/mol. The fraction of sp³-hybridized carbons (Fsp3) is 0.273. The van der Waals surface area contributed by atoms with Crippen LogP contribution < -0.4 is 5.32 Å². The number of aryl methyl sites for hydroxylation is 4. The van der Waals surface area contributed by atoms with E-state index in [-0.39, 0.29) is 12.3 Å². The molecular formula is C22H24ClN3O. The Labute approximate surface area is 165 Å². The highest BCUT2D eigenvalue weighted by molar-refractivity contribution is 6.31. The Morgan fingerprint density at radius 1 is 1.04 bits per heavy atom. The third kappa shape index (κ3) is 4.06. The first-order valence-electron chi connectivity index (χ1n) is 8.95. The second kappa shape index (κ2) is 7.57. The summed E-state index contributed by atoms with van der Waals surface area (Å²) < 4.78 is 1.85. The van der Waals surface area contributed by atoms with Gasteiger partial charge in [0.2, 0.25) is 5.91 Å². The van der Waals surface area contributed by atoms with Crippen molar-refractivity contribution in [2.75, 3.05) is 5.32 Å². The normalized spacial score (nSPS) is 10.9. The van der Waals surface area contributed by atoms with Gasteiger partial charge in [-0.1, -0.05) is 35.4 Å². The van der Waals surface area contributed by atoms with Crippen molar-refractivity contribution in [3.8, 4) is 5.69 Å². The molecule has 1 amide bonds. The first kappa shape index (κ1) is 19.2. The zero-order chi connectivity index (χ0) is 19.7. The van der Waals surface area contributed by atoms with Crippen molar-refractivity contribution in [2.24, 2.45) is 0 Å². The number of aromatic nitrogens is 2. The van der Waals surface area contributed by atoms with E-state index in [1.165, 1.54) is 5.56 Å². The number of anilines is 1. The molecule has 5 heteroatoms. The van der Waals surface area contributed by atoms with Crippen LogP contribution in [0, 0.1) is 34.6 Å². The van der Waals surface area contributed by atoms with Gasteiger partial charge in [0.05, 0.1) is 17.8 Å². The summed E-state index contributed by atoms with van der Waals surface area (Å²) in [5, 5.41) is 8.33. The summed E-state index contributed by atoms with van der Waals surface area (Å²) in [4.78, 5) is 12.6. The first-order valence-corrected chi connectivity index (χ1v) is 9.33. The van der Waals surface area contributed by atoms with E-state index in [4.69, 9.17) is 11.6 Å². The van der Waals surface area contributed by atoms with Crippen molar-refractivity contribution in [1.29, 1.82) is 0 Å². The van der Waals surface area contributed by atoms with Crippen molar-refractivity contribution in [3.63, 3.8) is 0 Å². The monoisotopic (exact) mass is 381 g/mol. The summed E-state index contributed by atoms with van der Waals surface area (Å²) in [6.45, 7) is 9.91. The van der Waals surface area contributed by atoms with Crippen LogP contribution in [0.5, 0.6) is 0 Å². The van der Waals surface area contributed by atoms with Crippen LogP contribution in [0.3, 0.4) is 0 Å². The van der Waals surface area contributed by atoms with E-state index in [9.17, 15) is 4.79 Å². The van der Waals surface area contributed by atoms with E-state index in [2.05, 4.69) is 16.5 Å². The number of nitrogens with one attached hydrogen (secondary N) is 1. The minimum absolute atomic E-state index is 0.0466. The standard InChI is InChI=1S/C22H24ClN3O/c1-13-6-9-21(15(3)10-13)24-22(27)12-19-16(4)25-26(17(19)5)18-8-7-14(2)20(23)11-18/h6-11H,12H2,1-5H3,(H,24,27). The van der Waals surface area contributed by atoms with Crippen LogP contribution in [-0.2, 0) is 11.2 Å². The van der Waals surface area contributed by atoms with Crippen molar-refractivity contribution in [1.82, 2.24) is 9.78 Å². The lowest BCUT2D eigenvalue weighted by molar-refractivity contribution is -0.115. The predicted octanol–water partition coefficient (Wildman–Crippen LogP) is 5.25. The van der Waals surface area contributed by atoms with Gasteiger partial charge < -0.3 is 5.32 Å². The van der Waals surface area contributed by atoms with Gasteiger partial charge in [-0.05, 0) is 63.9 Å². The summed E-state index contributed by atoms with van der Waals surface area (Å²) in [6.07, 6.45) is 0.282. The Balaban J connectivity index is 1.84. The van der Waals surface area contributed by atoms with Gasteiger partial charge in [-0.2, -0.15) is 5.10 Å². The number of halogens is 1. The second-order valence-electron chi connectivity index (χ2n) is 7.04. The number of amides is 1. The van der Waals surface area contributed by atoms with E-state index < -0.39 is 0 Å². The molecule has 0 aliphatic rings. The van der Waals surface area contributed by atoms with Crippen LogP contribution in [0.2, 0.25) is 5.02 Å². The van der Waals surface area contributed by atoms with Gasteiger partial charge in [-0.25, -0.2) is 4.68 Å². The van der Waals surface area contributed by atoms with E-state index in [1.807, 2.05) is 69.6 Å². The Morgan fingerprint density at radius 3 is 2.44 bits per heavy atom. The van der Waals surface area contributed by atoms with Crippen LogP contribution in [0.1, 0.15) is 33.6 Å². The smallest absolute Gasteiger partial charge is 0.228 e. The quantitative estimate of drug-likeness (QED) is 0.670. The maximum absolute atomic E-state index is 12.6. The van der Waals surface area contributed by atoms with Crippen LogP contribution >= 0.6 is 11.6 Å². The molecule has 1 N–H and O–H groups in total. The molecule has 0 aliphatic carbocycles. The highest BCUT2D eigenvalue weighted by Gasteiger charge is 2.17. The van der Waals surface area contributed by atoms with Crippen molar-refractivity contribution in [3.05, 3.63) is 75.1 Å². The summed E-state index contributed by atoms with van der Waals surface area (Å²) >= 11 is 6.26. The lowest BCUT2D eigenvalue weighted by Gasteiger charge is -2.10. The van der Waals surface area contributed by atoms with Crippen LogP contribution in [0.25, 0.3) is 5.69 Å². The zero-order valence-corrected chi connectivity index (χ0v) is 17.1. The molecule has 0 fully saturated rings. The van der Waals surface area contributed by atoms with Crippen molar-refractivity contribution >= 4 is 23.2 Å². The molecular weight excluding hydrogens is 358 g/mol. The maximum atomic E-state index is 12.6. The molecule has 0 radical (unpaired) electrons. The third-order valence-electron chi connectivity index (χ3n) is 4.83. The topological polar surface area (TPSA) is 46.9 Å². The summed E-state index contributed by atoms with van der Waals surface area (Å²) in [7, 11) is 0. The number of rotatable bonds is 4. The number of carbonyl (C=O) groups excluding carboxylic acids is 1. The van der Waals surface area contributed by atoms with Gasteiger partial charge in [0.25, 0.3) is 0 Å². The van der Waals surface area contributed by atoms with E-state index >= 15 is 0 Å². The molecule has 27 heavy (non-hydrogen) atoms. The number of carbonyl (C=O) groups is 1. The lowest BCUT2D eigenvalue weighted by atomic mass is 10.1. The Kier molecular flexibility index (Phi) is 5.38. The zero-order valence-electron chi connectivity index (χ0n) is 16.4. The lowest BCUT2D eigenvalue weighted by Crippen LogP contribution is -2.16. The largest absolute Gasteiger partial charge is 0.326 e. The summed E-state index contributed by atoms with van der Waals surface area (Å²) in [5.74, 6) is -0.0466. The molecule has 2 aromatic carbocycles. The number of benzene rings is 2. The first-order chi connectivity index (χ1) is 12.8. The van der Waals surface area contributed by atoms with E-state index in [1.54, 1.807) is 0 Å². The molecule has 0 unspecified atom stereocenters. The van der Waals surface area contributed by atoms with Gasteiger partial charge in [0.15, 0.2) is 0 Å². The summed E-state index contributed by atoms with van der Waals surface area (Å²) in [5.41, 5.74) is 7.73. The number of nitrogens with zero attached hydrogens (tertiary/aromatic N) is 2. The van der Waals surface area contributed by atoms with Crippen LogP contribution in [0.4, 0.5) is 5.69 Å². The molecule has 0 bridgehead atoms. The van der Waals surface area contributed by atoms with Gasteiger partial charge in [0.1, 0.15) is 0 Å². The highest BCUT2D eigenvalue weighted by Crippen LogP contribution is 2.23. The molecule has 1 heterocycles. The SMILES string of the molecule is Cc1ccc(NC(=O)Cc2c(C)nn(-c3ccc(C)c(Cl)c3)c2C)c(C)c1. The third-order valence-corrected chi connectivity index (χ3v) is 5.24. The van der Waals surface area contributed by atoms with E-state index in [0.29, 0.717) is 5.02 Å². The fourth-order valence-corrected chi connectivity index (χ4v) is 3.38. The van der Waals surface area contributed by atoms with E-state index in [0.717, 1.165) is 39.5 Å². The molecule has 3 aromatic rings. The maximum Gasteiger partial charge on any atom is 0.228 e. The molecule has 140 valence electrons. The average Bonchev–Trinajstić information content (AvgIpc) is 2.88. The molecule has 0 saturated heterocycles. The predicted molar refractivity (Wildman–Crippen MR) is 111 cm³/mol. The van der Waals surface area contributed by atoms with Gasteiger partial charge in [-0.3, -0.25) is 4.79 Å². The minimum Gasteiger partial charge on any atom is -0.326 e. The molecule has 4 nitrogen and oxygen atoms in total. The molecule has 0 spiro atoms. The number of hydrogen-bond acceptors (Lipinski definition) is 2. The Morgan fingerprint density at radius 2 is 1.78 bits per heavy atom. The molecule has 3 rings (SSSR count). The second-order valence-corrected chi connectivity index (χ2v) is 7.45. The Bertz CT molecular complexity index is 1020. The fourth-order valence-electron chi connectivity index (χ4n) is 3.20. The minimum atomic E-state index is -0.0466. The highest BCUT2D eigenvalue weighted by atomic mass is 35.5. The Hall–Kier alpha value is -2.59. The molecule has 1 aromatic heterocycles. The van der Waals surface area contributed by atoms with Crippen LogP contribution in [-0.4, -0.2) is 15.7 Å². The van der Waals surface area contributed by atoms with Crippen LogP contribution in [0.15, 0.2) is 36.4 Å². The molecule has 0 saturated carbocycles. The van der Waals surface area contributed by atoms with Gasteiger partial charge >= 0.3 is 0 Å². The van der Waals surface area contributed by atoms with Gasteiger partial charge in [0, 0.05) is 22.0 Å². The van der Waals surface area contributed by atoms with Gasteiger partial charge in [-0.15, -0.1) is 0 Å². The van der Waals surface area contributed by atoms with Crippen molar-refractivity contribution in [2.45, 2.75) is 41.0 Å². The van der Waals surface area contributed by atoms with Crippen molar-refractivity contribution < 1.29 is 4.79 Å².